The molecule has 0 radical (unpaired) electrons. The molecule has 2 heteroatoms. The van der Waals surface area contributed by atoms with Crippen LogP contribution in [-0.2, 0) is 9.47 Å². The second-order valence-electron chi connectivity index (χ2n) is 6.70. The quantitative estimate of drug-likeness (QED) is 0.383. The number of hydrogen-bond donors (Lipinski definition) is 0. The predicted molar refractivity (Wildman–Crippen MR) is 90.4 cm³/mol. The molecule has 0 spiro atoms. The standard InChI is InChI=1S/C19H34O2/c1-4-5-6-7-8-9-10-12-15-19(2,3)17-21-18-14-11-13-16-20-18/h8-9,12,15,18H,4-7,10-11,13-14,16-17H2,1-3H3. The number of ether oxygens (including phenoxy) is 2. The predicted octanol–water partition coefficient (Wildman–Crippen LogP) is 5.64. The topological polar surface area (TPSA) is 18.5 Å². The van der Waals surface area contributed by atoms with Crippen molar-refractivity contribution in [1.29, 1.82) is 0 Å². The van der Waals surface area contributed by atoms with Gasteiger partial charge < -0.3 is 9.47 Å². The highest BCUT2D eigenvalue weighted by molar-refractivity contribution is 4.99. The first-order valence-electron chi connectivity index (χ1n) is 8.70. The monoisotopic (exact) mass is 294 g/mol. The van der Waals surface area contributed by atoms with Gasteiger partial charge in [-0.15, -0.1) is 0 Å². The third-order valence-electron chi connectivity index (χ3n) is 3.76. The van der Waals surface area contributed by atoms with Gasteiger partial charge in [-0.25, -0.2) is 0 Å². The molecule has 1 saturated heterocycles. The second kappa shape index (κ2) is 11.0. The lowest BCUT2D eigenvalue weighted by Crippen LogP contribution is -2.27. The van der Waals surface area contributed by atoms with Gasteiger partial charge in [0, 0.05) is 12.0 Å². The number of unbranched alkanes of at least 4 members (excludes halogenated alkanes) is 3. The molecule has 1 rings (SSSR count). The lowest BCUT2D eigenvalue weighted by Gasteiger charge is -2.27. The van der Waals surface area contributed by atoms with E-state index < -0.39 is 0 Å². The molecule has 0 aromatic carbocycles. The SMILES string of the molecule is CCCCCC=CCC=CC(C)(C)COC1CCCCO1. The van der Waals surface area contributed by atoms with E-state index in [4.69, 9.17) is 9.47 Å². The zero-order chi connectivity index (χ0) is 15.4. The molecule has 1 heterocycles. The minimum Gasteiger partial charge on any atom is -0.353 e. The van der Waals surface area contributed by atoms with Crippen LogP contribution in [0.3, 0.4) is 0 Å². The summed E-state index contributed by atoms with van der Waals surface area (Å²) < 4.78 is 11.5. The van der Waals surface area contributed by atoms with Crippen molar-refractivity contribution in [3.8, 4) is 0 Å². The summed E-state index contributed by atoms with van der Waals surface area (Å²) in [5.41, 5.74) is 0.0802. The van der Waals surface area contributed by atoms with E-state index in [1.807, 2.05) is 0 Å². The Hall–Kier alpha value is -0.600. The number of allylic oxidation sites excluding steroid dienone is 3. The molecule has 0 aliphatic carbocycles. The fourth-order valence-corrected chi connectivity index (χ4v) is 2.39. The van der Waals surface area contributed by atoms with Gasteiger partial charge in [-0.3, -0.25) is 0 Å². The summed E-state index contributed by atoms with van der Waals surface area (Å²) in [6.45, 7) is 8.27. The van der Waals surface area contributed by atoms with Crippen molar-refractivity contribution >= 4 is 0 Å². The van der Waals surface area contributed by atoms with Crippen LogP contribution in [0.15, 0.2) is 24.3 Å². The molecule has 1 aliphatic heterocycles. The minimum atomic E-state index is 0.0184. The molecule has 0 bridgehead atoms. The molecule has 2 nitrogen and oxygen atoms in total. The second-order valence-corrected chi connectivity index (χ2v) is 6.70. The van der Waals surface area contributed by atoms with Crippen LogP contribution in [0.2, 0.25) is 0 Å². The van der Waals surface area contributed by atoms with Crippen LogP contribution < -0.4 is 0 Å². The Labute approximate surface area is 131 Å². The van der Waals surface area contributed by atoms with E-state index >= 15 is 0 Å². The van der Waals surface area contributed by atoms with Crippen molar-refractivity contribution < 1.29 is 9.47 Å². The molecular weight excluding hydrogens is 260 g/mol. The van der Waals surface area contributed by atoms with Gasteiger partial charge in [0.2, 0.25) is 0 Å². The van der Waals surface area contributed by atoms with Crippen molar-refractivity contribution in [2.24, 2.45) is 5.41 Å². The van der Waals surface area contributed by atoms with Crippen LogP contribution in [0.1, 0.15) is 72.1 Å². The summed E-state index contributed by atoms with van der Waals surface area (Å²) in [4.78, 5) is 0. The average molecular weight is 294 g/mol. The van der Waals surface area contributed by atoms with Crippen LogP contribution in [-0.4, -0.2) is 19.5 Å². The van der Waals surface area contributed by atoms with Crippen molar-refractivity contribution in [3.05, 3.63) is 24.3 Å². The van der Waals surface area contributed by atoms with Gasteiger partial charge in [-0.2, -0.15) is 0 Å². The van der Waals surface area contributed by atoms with Crippen molar-refractivity contribution in [3.63, 3.8) is 0 Å². The van der Waals surface area contributed by atoms with Gasteiger partial charge in [0.25, 0.3) is 0 Å². The zero-order valence-electron chi connectivity index (χ0n) is 14.3. The van der Waals surface area contributed by atoms with Crippen LogP contribution in [0.5, 0.6) is 0 Å². The van der Waals surface area contributed by atoms with E-state index in [0.29, 0.717) is 0 Å². The Kier molecular flexibility index (Phi) is 9.69. The van der Waals surface area contributed by atoms with Gasteiger partial charge >= 0.3 is 0 Å². The van der Waals surface area contributed by atoms with Crippen LogP contribution in [0.25, 0.3) is 0 Å². The van der Waals surface area contributed by atoms with Crippen molar-refractivity contribution in [2.45, 2.75) is 78.4 Å². The molecule has 1 fully saturated rings. The molecule has 0 aromatic rings. The molecule has 0 amide bonds. The molecule has 122 valence electrons. The Morgan fingerprint density at radius 2 is 2.00 bits per heavy atom. The fourth-order valence-electron chi connectivity index (χ4n) is 2.39. The highest BCUT2D eigenvalue weighted by atomic mass is 16.7. The smallest absolute Gasteiger partial charge is 0.157 e. The van der Waals surface area contributed by atoms with E-state index in [9.17, 15) is 0 Å². The first-order valence-corrected chi connectivity index (χ1v) is 8.70. The molecule has 21 heavy (non-hydrogen) atoms. The average Bonchev–Trinajstić information content (AvgIpc) is 2.49. The molecule has 0 N–H and O–H groups in total. The van der Waals surface area contributed by atoms with Crippen LogP contribution in [0.4, 0.5) is 0 Å². The molecule has 1 atom stereocenters. The first kappa shape index (κ1) is 18.4. The fraction of sp³-hybridized carbons (Fsp3) is 0.789. The van der Waals surface area contributed by atoms with Crippen LogP contribution in [0, 0.1) is 5.41 Å². The summed E-state index contributed by atoms with van der Waals surface area (Å²) in [5, 5.41) is 0. The zero-order valence-corrected chi connectivity index (χ0v) is 14.3. The molecular formula is C19H34O2. The Morgan fingerprint density at radius 1 is 1.14 bits per heavy atom. The highest BCUT2D eigenvalue weighted by Gasteiger charge is 2.19. The molecule has 0 saturated carbocycles. The van der Waals surface area contributed by atoms with E-state index in [1.165, 1.54) is 38.5 Å². The lowest BCUT2D eigenvalue weighted by molar-refractivity contribution is -0.172. The van der Waals surface area contributed by atoms with E-state index in [-0.39, 0.29) is 11.7 Å². The summed E-state index contributed by atoms with van der Waals surface area (Å²) in [7, 11) is 0. The Morgan fingerprint density at radius 3 is 2.71 bits per heavy atom. The van der Waals surface area contributed by atoms with Gasteiger partial charge in [0.05, 0.1) is 6.61 Å². The van der Waals surface area contributed by atoms with E-state index in [1.54, 1.807) is 0 Å². The molecule has 1 unspecified atom stereocenters. The maximum Gasteiger partial charge on any atom is 0.157 e. The lowest BCUT2D eigenvalue weighted by atomic mass is 9.94. The highest BCUT2D eigenvalue weighted by Crippen LogP contribution is 2.21. The first-order chi connectivity index (χ1) is 10.1. The summed E-state index contributed by atoms with van der Waals surface area (Å²) in [6.07, 6.45) is 18.8. The number of hydrogen-bond acceptors (Lipinski definition) is 2. The van der Waals surface area contributed by atoms with Crippen molar-refractivity contribution in [2.75, 3.05) is 13.2 Å². The van der Waals surface area contributed by atoms with E-state index in [2.05, 4.69) is 45.1 Å². The Bertz CT molecular complexity index is 299. The van der Waals surface area contributed by atoms with Crippen molar-refractivity contribution in [1.82, 2.24) is 0 Å². The maximum absolute atomic E-state index is 5.88. The van der Waals surface area contributed by atoms with E-state index in [0.717, 1.165) is 26.1 Å². The largest absolute Gasteiger partial charge is 0.353 e. The summed E-state index contributed by atoms with van der Waals surface area (Å²) >= 11 is 0. The number of rotatable bonds is 10. The molecule has 1 aliphatic rings. The third kappa shape index (κ3) is 9.87. The normalized spacial score (nSPS) is 20.6. The summed E-state index contributed by atoms with van der Waals surface area (Å²) in [6, 6.07) is 0. The Balaban J connectivity index is 2.13. The maximum atomic E-state index is 5.88. The minimum absolute atomic E-state index is 0.0184. The van der Waals surface area contributed by atoms with Gasteiger partial charge in [0.1, 0.15) is 0 Å². The van der Waals surface area contributed by atoms with Gasteiger partial charge in [0.15, 0.2) is 6.29 Å². The van der Waals surface area contributed by atoms with Crippen LogP contribution >= 0.6 is 0 Å². The third-order valence-corrected chi connectivity index (χ3v) is 3.76. The summed E-state index contributed by atoms with van der Waals surface area (Å²) in [5.74, 6) is 0. The van der Waals surface area contributed by atoms with Gasteiger partial charge in [-0.1, -0.05) is 57.9 Å². The molecule has 0 aromatic heterocycles. The van der Waals surface area contributed by atoms with Gasteiger partial charge in [-0.05, 0) is 38.5 Å².